The number of benzene rings is 2. The minimum atomic E-state index is -3.21. The summed E-state index contributed by atoms with van der Waals surface area (Å²) in [4.78, 5) is 14.9. The monoisotopic (exact) mass is 441 g/mol. The predicted octanol–water partition coefficient (Wildman–Crippen LogP) is 3.93. The molecular formula is C24H31N3O3S. The van der Waals surface area contributed by atoms with Crippen LogP contribution in [0.25, 0.3) is 0 Å². The number of sulfonamides is 1. The van der Waals surface area contributed by atoms with Crippen LogP contribution in [0.5, 0.6) is 0 Å². The molecular weight excluding hydrogens is 410 g/mol. The summed E-state index contributed by atoms with van der Waals surface area (Å²) in [6, 6.07) is 15.8. The number of hydrogen-bond acceptors (Lipinski definition) is 4. The van der Waals surface area contributed by atoms with E-state index >= 15 is 0 Å². The second kappa shape index (κ2) is 9.30. The van der Waals surface area contributed by atoms with Gasteiger partial charge in [-0.2, -0.15) is 0 Å². The average molecular weight is 442 g/mol. The van der Waals surface area contributed by atoms with Crippen LogP contribution in [0.1, 0.15) is 54.4 Å². The van der Waals surface area contributed by atoms with Crippen LogP contribution in [0.3, 0.4) is 0 Å². The van der Waals surface area contributed by atoms with Crippen molar-refractivity contribution in [3.63, 3.8) is 0 Å². The van der Waals surface area contributed by atoms with Crippen molar-refractivity contribution in [2.75, 3.05) is 28.6 Å². The zero-order valence-electron chi connectivity index (χ0n) is 18.1. The molecule has 2 aromatic carbocycles. The van der Waals surface area contributed by atoms with Crippen LogP contribution in [-0.2, 0) is 16.6 Å². The minimum absolute atomic E-state index is 0.167. The summed E-state index contributed by atoms with van der Waals surface area (Å²) in [5, 5.41) is 2.95. The molecule has 0 aromatic heterocycles. The molecule has 1 heterocycles. The van der Waals surface area contributed by atoms with Crippen LogP contribution >= 0.6 is 0 Å². The van der Waals surface area contributed by atoms with E-state index in [2.05, 4.69) is 41.5 Å². The molecule has 0 unspecified atom stereocenters. The molecule has 1 aliphatic heterocycles. The summed E-state index contributed by atoms with van der Waals surface area (Å²) in [7, 11) is -1.04. The number of nitrogens with zero attached hydrogens (tertiary/aromatic N) is 2. The molecule has 1 saturated carbocycles. The molecule has 2 aliphatic rings. The number of carbonyl (C=O) groups excluding carboxylic acids is 1. The first-order valence-corrected chi connectivity index (χ1v) is 12.8. The Morgan fingerprint density at radius 3 is 2.29 bits per heavy atom. The lowest BCUT2D eigenvalue weighted by molar-refractivity contribution is 0.0951. The summed E-state index contributed by atoms with van der Waals surface area (Å²) in [6.45, 7) is 0.953. The van der Waals surface area contributed by atoms with E-state index in [0.717, 1.165) is 5.56 Å². The van der Waals surface area contributed by atoms with Crippen molar-refractivity contribution >= 4 is 27.3 Å². The van der Waals surface area contributed by atoms with Gasteiger partial charge in [-0.05, 0) is 61.2 Å². The molecule has 0 radical (unpaired) electrons. The van der Waals surface area contributed by atoms with Gasteiger partial charge in [0.25, 0.3) is 5.91 Å². The van der Waals surface area contributed by atoms with Gasteiger partial charge in [0, 0.05) is 37.4 Å². The van der Waals surface area contributed by atoms with Gasteiger partial charge in [-0.15, -0.1) is 0 Å². The van der Waals surface area contributed by atoms with Gasteiger partial charge in [-0.3, -0.25) is 9.10 Å². The summed E-state index contributed by atoms with van der Waals surface area (Å²) >= 11 is 0. The largest absolute Gasteiger partial charge is 0.372 e. The first-order chi connectivity index (χ1) is 14.9. The fraction of sp³-hybridized carbons (Fsp3) is 0.458. The van der Waals surface area contributed by atoms with E-state index in [1.165, 1.54) is 42.1 Å². The zero-order chi connectivity index (χ0) is 21.8. The highest BCUT2D eigenvalue weighted by Gasteiger charge is 2.28. The lowest BCUT2D eigenvalue weighted by Gasteiger charge is -2.33. The Labute approximate surface area is 185 Å². The number of anilines is 2. The number of nitrogens with one attached hydrogen (secondary N) is 1. The van der Waals surface area contributed by atoms with Crippen LogP contribution in [0.4, 0.5) is 11.4 Å². The van der Waals surface area contributed by atoms with Gasteiger partial charge in [0.15, 0.2) is 0 Å². The van der Waals surface area contributed by atoms with Crippen molar-refractivity contribution in [2.24, 2.45) is 0 Å². The average Bonchev–Trinajstić information content (AvgIpc) is 3.17. The van der Waals surface area contributed by atoms with Crippen LogP contribution in [0, 0.1) is 0 Å². The molecule has 4 rings (SSSR count). The first-order valence-electron chi connectivity index (χ1n) is 11.1. The van der Waals surface area contributed by atoms with Crippen LogP contribution in [0.2, 0.25) is 0 Å². The lowest BCUT2D eigenvalue weighted by Crippen LogP contribution is -2.33. The van der Waals surface area contributed by atoms with Crippen molar-refractivity contribution in [3.8, 4) is 0 Å². The van der Waals surface area contributed by atoms with Crippen molar-refractivity contribution in [3.05, 3.63) is 59.7 Å². The zero-order valence-corrected chi connectivity index (χ0v) is 18.9. The molecule has 2 aromatic rings. The highest BCUT2D eigenvalue weighted by molar-refractivity contribution is 7.93. The Morgan fingerprint density at radius 1 is 1.00 bits per heavy atom. The second-order valence-corrected chi connectivity index (χ2v) is 10.6. The summed E-state index contributed by atoms with van der Waals surface area (Å²) in [6.07, 6.45) is 7.14. The maximum atomic E-state index is 12.5. The molecule has 0 spiro atoms. The fourth-order valence-electron chi connectivity index (χ4n) is 4.52. The van der Waals surface area contributed by atoms with E-state index in [9.17, 15) is 13.2 Å². The quantitative estimate of drug-likeness (QED) is 0.738. The number of carbonyl (C=O) groups is 1. The van der Waals surface area contributed by atoms with Gasteiger partial charge >= 0.3 is 0 Å². The molecule has 1 aliphatic carbocycles. The first kappa shape index (κ1) is 21.7. The molecule has 1 N–H and O–H groups in total. The highest BCUT2D eigenvalue weighted by Crippen LogP contribution is 2.26. The van der Waals surface area contributed by atoms with Crippen LogP contribution < -0.4 is 14.5 Å². The summed E-state index contributed by atoms with van der Waals surface area (Å²) < 4.78 is 25.5. The molecule has 2 fully saturated rings. The molecule has 166 valence electrons. The Balaban J connectivity index is 1.32. The van der Waals surface area contributed by atoms with E-state index in [0.29, 0.717) is 36.8 Å². The van der Waals surface area contributed by atoms with Gasteiger partial charge in [0.05, 0.1) is 11.4 Å². The highest BCUT2D eigenvalue weighted by atomic mass is 32.2. The third-order valence-corrected chi connectivity index (χ3v) is 8.31. The van der Waals surface area contributed by atoms with E-state index in [1.54, 1.807) is 24.3 Å². The standard InChI is InChI=1S/C24H31N3O3S/c1-26(21-6-3-2-4-7-21)22-12-8-19(9-13-22)18-25-24(28)20-10-14-23(15-11-20)27-16-5-17-31(27,29)30/h8-15,21H,2-7,16-18H2,1H3,(H,25,28). The Kier molecular flexibility index (Phi) is 6.51. The lowest BCUT2D eigenvalue weighted by atomic mass is 9.94. The summed E-state index contributed by atoms with van der Waals surface area (Å²) in [5.41, 5.74) is 3.41. The smallest absolute Gasteiger partial charge is 0.251 e. The van der Waals surface area contributed by atoms with Gasteiger partial charge < -0.3 is 10.2 Å². The second-order valence-electron chi connectivity index (χ2n) is 8.54. The Hall–Kier alpha value is -2.54. The minimum Gasteiger partial charge on any atom is -0.372 e. The fourth-order valence-corrected chi connectivity index (χ4v) is 6.09. The van der Waals surface area contributed by atoms with Crippen molar-refractivity contribution < 1.29 is 13.2 Å². The summed E-state index contributed by atoms with van der Waals surface area (Å²) in [5.74, 6) is 0.0176. The van der Waals surface area contributed by atoms with E-state index in [-0.39, 0.29) is 11.7 Å². The van der Waals surface area contributed by atoms with Gasteiger partial charge in [0.2, 0.25) is 10.0 Å². The molecule has 31 heavy (non-hydrogen) atoms. The van der Waals surface area contributed by atoms with Gasteiger partial charge in [-0.25, -0.2) is 8.42 Å². The topological polar surface area (TPSA) is 69.7 Å². The van der Waals surface area contributed by atoms with Crippen molar-refractivity contribution in [1.29, 1.82) is 0 Å². The number of rotatable bonds is 6. The van der Waals surface area contributed by atoms with Gasteiger partial charge in [-0.1, -0.05) is 31.4 Å². The van der Waals surface area contributed by atoms with E-state index < -0.39 is 10.0 Å². The third-order valence-electron chi connectivity index (χ3n) is 6.44. The number of amides is 1. The Bertz CT molecular complexity index is 997. The molecule has 0 bridgehead atoms. The molecule has 6 nitrogen and oxygen atoms in total. The third kappa shape index (κ3) is 5.03. The predicted molar refractivity (Wildman–Crippen MR) is 125 cm³/mol. The number of hydrogen-bond donors (Lipinski definition) is 1. The van der Waals surface area contributed by atoms with Gasteiger partial charge in [0.1, 0.15) is 0 Å². The van der Waals surface area contributed by atoms with E-state index in [4.69, 9.17) is 0 Å². The maximum Gasteiger partial charge on any atom is 0.251 e. The Morgan fingerprint density at radius 2 is 1.68 bits per heavy atom. The maximum absolute atomic E-state index is 12.5. The molecule has 7 heteroatoms. The van der Waals surface area contributed by atoms with Crippen LogP contribution in [0.15, 0.2) is 48.5 Å². The molecule has 0 atom stereocenters. The normalized spacial score (nSPS) is 18.7. The van der Waals surface area contributed by atoms with E-state index in [1.807, 2.05) is 0 Å². The van der Waals surface area contributed by atoms with Crippen molar-refractivity contribution in [1.82, 2.24) is 5.32 Å². The van der Waals surface area contributed by atoms with Crippen molar-refractivity contribution in [2.45, 2.75) is 51.1 Å². The van der Waals surface area contributed by atoms with Crippen LogP contribution in [-0.4, -0.2) is 39.7 Å². The molecule has 1 saturated heterocycles. The molecule has 1 amide bonds. The SMILES string of the molecule is CN(c1ccc(CNC(=O)c2ccc(N3CCCS3(=O)=O)cc2)cc1)C1CCCCC1.